The summed E-state index contributed by atoms with van der Waals surface area (Å²) in [4.78, 5) is 29.9. The summed E-state index contributed by atoms with van der Waals surface area (Å²) in [6, 6.07) is 26.2. The van der Waals surface area contributed by atoms with Gasteiger partial charge in [-0.3, -0.25) is 10.1 Å². The summed E-state index contributed by atoms with van der Waals surface area (Å²) in [5.41, 5.74) is 4.16. The number of carbonyl (C=O) groups excluding carboxylic acids is 1. The number of fused-ring (bicyclic) bond motifs is 1. The van der Waals surface area contributed by atoms with Gasteiger partial charge in [0.1, 0.15) is 17.3 Å². The molecule has 0 unspecified atom stereocenters. The van der Waals surface area contributed by atoms with Gasteiger partial charge in [0.2, 0.25) is 0 Å². The summed E-state index contributed by atoms with van der Waals surface area (Å²) >= 11 is 1.35. The van der Waals surface area contributed by atoms with Gasteiger partial charge < -0.3 is 9.84 Å². The highest BCUT2D eigenvalue weighted by molar-refractivity contribution is 7.22. The first-order valence-corrected chi connectivity index (χ1v) is 13.3. The molecule has 1 aliphatic rings. The Hall–Kier alpha value is -4.56. The Morgan fingerprint density at radius 3 is 2.23 bits per heavy atom. The summed E-state index contributed by atoms with van der Waals surface area (Å²) in [7, 11) is 0. The van der Waals surface area contributed by atoms with Gasteiger partial charge in [0.15, 0.2) is 0 Å². The SMILES string of the molecule is O=C(Nc1c(-c2ccc(-c3ccc(C4(C(=O)O)CC4)cc3)cc2)sc2ncc(F)cc12)OCc1ccccc1. The Kier molecular flexibility index (Phi) is 6.32. The maximum absolute atomic E-state index is 14.1. The molecule has 0 bridgehead atoms. The second-order valence-corrected chi connectivity index (χ2v) is 10.5. The van der Waals surface area contributed by atoms with Crippen molar-refractivity contribution in [1.82, 2.24) is 4.98 Å². The van der Waals surface area contributed by atoms with Crippen molar-refractivity contribution in [2.75, 3.05) is 5.32 Å². The van der Waals surface area contributed by atoms with Gasteiger partial charge in [-0.2, -0.15) is 0 Å². The minimum atomic E-state index is -0.773. The third kappa shape index (κ3) is 4.86. The van der Waals surface area contributed by atoms with Crippen LogP contribution in [0, 0.1) is 5.82 Å². The van der Waals surface area contributed by atoms with E-state index in [-0.39, 0.29) is 6.61 Å². The second kappa shape index (κ2) is 9.96. The van der Waals surface area contributed by atoms with Crippen molar-refractivity contribution < 1.29 is 23.8 Å². The number of benzene rings is 3. The van der Waals surface area contributed by atoms with Crippen LogP contribution in [0.4, 0.5) is 14.9 Å². The van der Waals surface area contributed by atoms with Crippen molar-refractivity contribution >= 4 is 39.3 Å². The molecule has 1 saturated carbocycles. The van der Waals surface area contributed by atoms with Crippen LogP contribution in [0.2, 0.25) is 0 Å². The molecule has 0 radical (unpaired) electrons. The topological polar surface area (TPSA) is 88.5 Å². The summed E-state index contributed by atoms with van der Waals surface area (Å²) in [6.07, 6.45) is 1.85. The largest absolute Gasteiger partial charge is 0.481 e. The number of hydrogen-bond acceptors (Lipinski definition) is 5. The molecule has 8 heteroatoms. The van der Waals surface area contributed by atoms with Crippen molar-refractivity contribution in [3.63, 3.8) is 0 Å². The third-order valence-electron chi connectivity index (χ3n) is 7.03. The number of carbonyl (C=O) groups is 2. The van der Waals surface area contributed by atoms with Crippen molar-refractivity contribution in [3.05, 3.63) is 108 Å². The molecule has 6 nitrogen and oxygen atoms in total. The fraction of sp³-hybridized carbons (Fsp3) is 0.129. The first kappa shape index (κ1) is 24.8. The van der Waals surface area contributed by atoms with Gasteiger partial charge in [0.05, 0.1) is 22.2 Å². The zero-order valence-electron chi connectivity index (χ0n) is 20.7. The molecular weight excluding hydrogens is 515 g/mol. The van der Waals surface area contributed by atoms with Gasteiger partial charge >= 0.3 is 12.1 Å². The van der Waals surface area contributed by atoms with Crippen LogP contribution in [-0.4, -0.2) is 22.2 Å². The number of nitrogens with zero attached hydrogens (tertiary/aromatic N) is 1. The van der Waals surface area contributed by atoms with Crippen LogP contribution < -0.4 is 5.32 Å². The van der Waals surface area contributed by atoms with E-state index in [1.807, 2.05) is 78.9 Å². The molecule has 1 amide bonds. The Morgan fingerprint density at radius 2 is 1.59 bits per heavy atom. The zero-order chi connectivity index (χ0) is 27.0. The lowest BCUT2D eigenvalue weighted by atomic mass is 9.93. The Balaban J connectivity index is 1.26. The molecule has 6 rings (SSSR count). The highest BCUT2D eigenvalue weighted by atomic mass is 32.1. The lowest BCUT2D eigenvalue weighted by Gasteiger charge is -2.11. The molecule has 39 heavy (non-hydrogen) atoms. The number of ether oxygens (including phenoxy) is 1. The Morgan fingerprint density at radius 1 is 0.949 bits per heavy atom. The minimum Gasteiger partial charge on any atom is -0.481 e. The standard InChI is InChI=1S/C31H23FN2O4S/c32-24-16-25-26(34-30(37)38-18-19-4-2-1-3-5-19)27(39-28(25)33-17-24)22-8-6-20(7-9-22)21-10-12-23(13-11-21)31(14-15-31)29(35)36/h1-13,16-17H,14-15,18H2,(H,34,37)(H,35,36). The van der Waals surface area contributed by atoms with Gasteiger partial charge in [-0.05, 0) is 46.7 Å². The number of pyridine rings is 1. The fourth-order valence-corrected chi connectivity index (χ4v) is 5.78. The molecule has 5 aromatic rings. The van der Waals surface area contributed by atoms with Gasteiger partial charge in [-0.25, -0.2) is 14.2 Å². The number of hydrogen-bond donors (Lipinski definition) is 2. The van der Waals surface area contributed by atoms with E-state index in [9.17, 15) is 19.1 Å². The molecule has 194 valence electrons. The van der Waals surface area contributed by atoms with E-state index in [0.29, 0.717) is 28.7 Å². The summed E-state index contributed by atoms with van der Waals surface area (Å²) in [5.74, 6) is -1.27. The lowest BCUT2D eigenvalue weighted by Crippen LogP contribution is -2.19. The van der Waals surface area contributed by atoms with Gasteiger partial charge in [-0.15, -0.1) is 11.3 Å². The van der Waals surface area contributed by atoms with Crippen LogP contribution in [0.25, 0.3) is 31.8 Å². The van der Waals surface area contributed by atoms with E-state index >= 15 is 0 Å². The number of rotatable bonds is 7. The number of amides is 1. The molecule has 0 aliphatic heterocycles. The number of halogens is 1. The average Bonchev–Trinajstić information content (AvgIpc) is 3.71. The van der Waals surface area contributed by atoms with Crippen molar-refractivity contribution in [2.45, 2.75) is 24.9 Å². The maximum atomic E-state index is 14.1. The average molecular weight is 539 g/mol. The highest BCUT2D eigenvalue weighted by Crippen LogP contribution is 2.48. The van der Waals surface area contributed by atoms with E-state index in [1.54, 1.807) is 0 Å². The second-order valence-electron chi connectivity index (χ2n) is 9.54. The number of aliphatic carboxylic acids is 1. The quantitative estimate of drug-likeness (QED) is 0.222. The first-order valence-electron chi connectivity index (χ1n) is 12.4. The number of nitrogens with one attached hydrogen (secondary N) is 1. The van der Waals surface area contributed by atoms with Crippen LogP contribution in [0.15, 0.2) is 91.1 Å². The zero-order valence-corrected chi connectivity index (χ0v) is 21.5. The number of thiophene rings is 1. The number of aromatic nitrogens is 1. The predicted molar refractivity (Wildman–Crippen MR) is 149 cm³/mol. The molecule has 1 aliphatic carbocycles. The van der Waals surface area contributed by atoms with Gasteiger partial charge in [-0.1, -0.05) is 78.9 Å². The Labute approximate surface area is 227 Å². The van der Waals surface area contributed by atoms with Crippen LogP contribution in [0.5, 0.6) is 0 Å². The molecule has 0 atom stereocenters. The van der Waals surface area contributed by atoms with E-state index < -0.39 is 23.3 Å². The van der Waals surface area contributed by atoms with E-state index in [0.717, 1.165) is 38.9 Å². The van der Waals surface area contributed by atoms with Crippen LogP contribution >= 0.6 is 11.3 Å². The monoisotopic (exact) mass is 538 g/mol. The summed E-state index contributed by atoms with van der Waals surface area (Å²) < 4.78 is 19.5. The summed E-state index contributed by atoms with van der Waals surface area (Å²) in [5, 5.41) is 12.9. The van der Waals surface area contributed by atoms with Crippen molar-refractivity contribution in [3.8, 4) is 21.6 Å². The number of anilines is 1. The molecule has 1 fully saturated rings. The van der Waals surface area contributed by atoms with E-state index in [2.05, 4.69) is 10.3 Å². The van der Waals surface area contributed by atoms with Crippen molar-refractivity contribution in [1.29, 1.82) is 0 Å². The lowest BCUT2D eigenvalue weighted by molar-refractivity contribution is -0.140. The van der Waals surface area contributed by atoms with Crippen molar-refractivity contribution in [2.24, 2.45) is 0 Å². The van der Waals surface area contributed by atoms with Gasteiger partial charge in [0.25, 0.3) is 0 Å². The highest BCUT2D eigenvalue weighted by Gasteiger charge is 2.51. The van der Waals surface area contributed by atoms with Gasteiger partial charge in [0, 0.05) is 5.39 Å². The van der Waals surface area contributed by atoms with Crippen LogP contribution in [-0.2, 0) is 21.6 Å². The van der Waals surface area contributed by atoms with Crippen LogP contribution in [0.3, 0.4) is 0 Å². The molecule has 2 aromatic heterocycles. The maximum Gasteiger partial charge on any atom is 0.412 e. The van der Waals surface area contributed by atoms with E-state index in [1.165, 1.54) is 17.4 Å². The molecule has 0 saturated heterocycles. The first-order chi connectivity index (χ1) is 18.9. The third-order valence-corrected chi connectivity index (χ3v) is 8.19. The predicted octanol–water partition coefficient (Wildman–Crippen LogP) is 7.63. The van der Waals surface area contributed by atoms with Crippen LogP contribution in [0.1, 0.15) is 24.0 Å². The molecule has 2 heterocycles. The normalized spacial score (nSPS) is 13.7. The smallest absolute Gasteiger partial charge is 0.412 e. The number of carboxylic acid groups (broad SMARTS) is 1. The number of carboxylic acids is 1. The minimum absolute atomic E-state index is 0.109. The molecule has 3 aromatic carbocycles. The van der Waals surface area contributed by atoms with E-state index in [4.69, 9.17) is 4.74 Å². The molecule has 2 N–H and O–H groups in total. The molecule has 0 spiro atoms. The summed E-state index contributed by atoms with van der Waals surface area (Å²) in [6.45, 7) is 0.109. The Bertz CT molecular complexity index is 1680. The fourth-order valence-electron chi connectivity index (χ4n) is 4.69. The molecular formula is C31H23FN2O4S.